The Morgan fingerprint density at radius 2 is 1.94 bits per heavy atom. The number of nitrogens with one attached hydrogen (secondary N) is 1. The fourth-order valence-corrected chi connectivity index (χ4v) is 4.60. The van der Waals surface area contributed by atoms with Crippen LogP contribution in [0.15, 0.2) is 82.8 Å². The zero-order valence-corrected chi connectivity index (χ0v) is 19.3. The number of fused-ring (bicyclic) bond motifs is 1. The number of furan rings is 1. The average Bonchev–Trinajstić information content (AvgIpc) is 3.62. The van der Waals surface area contributed by atoms with Gasteiger partial charge >= 0.3 is 0 Å². The second-order valence-electron chi connectivity index (χ2n) is 8.19. The van der Waals surface area contributed by atoms with Crippen LogP contribution in [0.1, 0.15) is 27.7 Å². The lowest BCUT2D eigenvalue weighted by molar-refractivity contribution is -0.129. The minimum absolute atomic E-state index is 0.0324. The number of ketones is 1. The van der Waals surface area contributed by atoms with Crippen LogP contribution in [0.5, 0.6) is 11.5 Å². The van der Waals surface area contributed by atoms with Crippen molar-refractivity contribution in [3.8, 4) is 11.5 Å². The van der Waals surface area contributed by atoms with E-state index in [0.29, 0.717) is 17.7 Å². The Morgan fingerprint density at radius 1 is 1.11 bits per heavy atom. The van der Waals surface area contributed by atoms with E-state index in [1.165, 1.54) is 24.3 Å². The van der Waals surface area contributed by atoms with Gasteiger partial charge in [-0.05, 0) is 48.4 Å². The molecule has 0 saturated heterocycles. The lowest BCUT2D eigenvalue weighted by Gasteiger charge is -2.27. The Labute approximate surface area is 201 Å². The largest absolute Gasteiger partial charge is 0.503 e. The number of Topliss-reactive ketones (excluding diaryl/α,β-unsaturated/α-hetero) is 1. The molecular formula is C27H24N2O6. The van der Waals surface area contributed by atoms with Crippen molar-refractivity contribution in [3.63, 3.8) is 0 Å². The minimum atomic E-state index is -0.837. The summed E-state index contributed by atoms with van der Waals surface area (Å²) in [5.74, 6) is -0.461. The number of aromatic amines is 1. The van der Waals surface area contributed by atoms with Gasteiger partial charge in [-0.15, -0.1) is 0 Å². The van der Waals surface area contributed by atoms with Crippen LogP contribution < -0.4 is 9.47 Å². The van der Waals surface area contributed by atoms with E-state index in [2.05, 4.69) is 4.98 Å². The van der Waals surface area contributed by atoms with Gasteiger partial charge in [-0.1, -0.05) is 18.2 Å². The third-order valence-corrected chi connectivity index (χ3v) is 6.32. The van der Waals surface area contributed by atoms with Crippen LogP contribution in [0.4, 0.5) is 0 Å². The number of rotatable bonds is 8. The molecule has 2 N–H and O–H groups in total. The molecule has 0 fully saturated rings. The lowest BCUT2D eigenvalue weighted by Crippen LogP contribution is -2.33. The summed E-state index contributed by atoms with van der Waals surface area (Å²) in [7, 11) is 3.14. The predicted molar refractivity (Wildman–Crippen MR) is 129 cm³/mol. The Balaban J connectivity index is 1.53. The second kappa shape index (κ2) is 9.06. The quantitative estimate of drug-likeness (QED) is 0.363. The number of methoxy groups -OCH3 is 2. The van der Waals surface area contributed by atoms with Crippen LogP contribution in [0, 0.1) is 0 Å². The number of benzene rings is 2. The average molecular weight is 472 g/mol. The minimum Gasteiger partial charge on any atom is -0.503 e. The van der Waals surface area contributed by atoms with E-state index < -0.39 is 23.5 Å². The number of hydrogen-bond acceptors (Lipinski definition) is 6. The van der Waals surface area contributed by atoms with Crippen molar-refractivity contribution in [3.05, 3.63) is 95.3 Å². The molecule has 8 heteroatoms. The second-order valence-corrected chi connectivity index (χ2v) is 8.19. The van der Waals surface area contributed by atoms with E-state index in [-0.39, 0.29) is 17.9 Å². The van der Waals surface area contributed by atoms with Gasteiger partial charge < -0.3 is 28.9 Å². The molecule has 1 amide bonds. The number of aliphatic hydroxyl groups excluding tert-OH is 1. The normalized spacial score (nSPS) is 15.8. The molecule has 0 saturated carbocycles. The Kier molecular flexibility index (Phi) is 5.78. The summed E-state index contributed by atoms with van der Waals surface area (Å²) in [6, 6.07) is 15.2. The number of H-pyrrole nitrogens is 1. The molecule has 0 spiro atoms. The number of aliphatic hydroxyl groups is 1. The van der Waals surface area contributed by atoms with Crippen molar-refractivity contribution >= 4 is 22.6 Å². The molecule has 0 aliphatic carbocycles. The number of amides is 1. The van der Waals surface area contributed by atoms with Crippen molar-refractivity contribution in [2.24, 2.45) is 0 Å². The summed E-state index contributed by atoms with van der Waals surface area (Å²) >= 11 is 0. The van der Waals surface area contributed by atoms with Gasteiger partial charge in [-0.25, -0.2) is 0 Å². The zero-order valence-electron chi connectivity index (χ0n) is 19.3. The number of carbonyl (C=O) groups is 2. The highest BCUT2D eigenvalue weighted by molar-refractivity contribution is 6.15. The van der Waals surface area contributed by atoms with Crippen molar-refractivity contribution in [1.29, 1.82) is 0 Å². The number of aromatic nitrogens is 1. The summed E-state index contributed by atoms with van der Waals surface area (Å²) in [6.45, 7) is 0.255. The van der Waals surface area contributed by atoms with Gasteiger partial charge in [0, 0.05) is 29.2 Å². The summed E-state index contributed by atoms with van der Waals surface area (Å²) in [6.07, 6.45) is 3.76. The van der Waals surface area contributed by atoms with Gasteiger partial charge in [-0.2, -0.15) is 0 Å². The molecule has 1 aliphatic rings. The first-order valence-electron chi connectivity index (χ1n) is 11.1. The van der Waals surface area contributed by atoms with E-state index in [4.69, 9.17) is 13.9 Å². The zero-order chi connectivity index (χ0) is 24.5. The van der Waals surface area contributed by atoms with Gasteiger partial charge in [0.25, 0.3) is 5.91 Å². The molecule has 178 valence electrons. The van der Waals surface area contributed by atoms with E-state index in [1.807, 2.05) is 24.4 Å². The Morgan fingerprint density at radius 3 is 2.69 bits per heavy atom. The third-order valence-electron chi connectivity index (χ3n) is 6.32. The maximum Gasteiger partial charge on any atom is 0.290 e. The highest BCUT2D eigenvalue weighted by atomic mass is 16.5. The van der Waals surface area contributed by atoms with E-state index in [1.54, 1.807) is 37.4 Å². The van der Waals surface area contributed by atoms with Crippen molar-refractivity contribution in [1.82, 2.24) is 9.88 Å². The van der Waals surface area contributed by atoms with Crippen LogP contribution in [0.3, 0.4) is 0 Å². The fraction of sp³-hybridized carbons (Fsp3) is 0.185. The molecule has 3 heterocycles. The van der Waals surface area contributed by atoms with Gasteiger partial charge in [0.1, 0.15) is 11.5 Å². The highest BCUT2D eigenvalue weighted by Crippen LogP contribution is 2.42. The van der Waals surface area contributed by atoms with Crippen molar-refractivity contribution in [2.75, 3.05) is 20.8 Å². The van der Waals surface area contributed by atoms with Gasteiger partial charge in [-0.3, -0.25) is 9.59 Å². The van der Waals surface area contributed by atoms with Crippen molar-refractivity contribution < 1.29 is 28.6 Å². The predicted octanol–water partition coefficient (Wildman–Crippen LogP) is 4.60. The Bertz CT molecular complexity index is 1430. The highest BCUT2D eigenvalue weighted by Gasteiger charge is 2.45. The molecule has 0 radical (unpaired) electrons. The molecule has 35 heavy (non-hydrogen) atoms. The number of para-hydroxylation sites is 1. The maximum absolute atomic E-state index is 13.3. The van der Waals surface area contributed by atoms with Gasteiger partial charge in [0.2, 0.25) is 5.78 Å². The smallest absolute Gasteiger partial charge is 0.290 e. The summed E-state index contributed by atoms with van der Waals surface area (Å²) < 4.78 is 16.2. The van der Waals surface area contributed by atoms with Gasteiger partial charge in [0.05, 0.1) is 32.1 Å². The molecular weight excluding hydrogens is 448 g/mol. The molecule has 4 aromatic rings. The monoisotopic (exact) mass is 472 g/mol. The number of ether oxygens (including phenoxy) is 2. The molecule has 2 aromatic heterocycles. The number of nitrogens with zero attached hydrogens (tertiary/aromatic N) is 1. The fourth-order valence-electron chi connectivity index (χ4n) is 4.60. The van der Waals surface area contributed by atoms with E-state index in [0.717, 1.165) is 22.2 Å². The van der Waals surface area contributed by atoms with Crippen LogP contribution >= 0.6 is 0 Å². The number of carbonyl (C=O) groups excluding carboxylic acids is 2. The molecule has 8 nitrogen and oxygen atoms in total. The molecule has 0 bridgehead atoms. The van der Waals surface area contributed by atoms with E-state index >= 15 is 0 Å². The molecule has 5 rings (SSSR count). The SMILES string of the molecule is COc1ccc2[nH]cc(CCN3C(=O)C(O)=C(C(=O)c4ccco4)C3c3ccccc3OC)c2c1. The van der Waals surface area contributed by atoms with E-state index in [9.17, 15) is 14.7 Å². The van der Waals surface area contributed by atoms with Gasteiger partial charge in [0.15, 0.2) is 11.5 Å². The van der Waals surface area contributed by atoms with Crippen LogP contribution in [-0.4, -0.2) is 47.4 Å². The van der Waals surface area contributed by atoms with Crippen molar-refractivity contribution in [2.45, 2.75) is 12.5 Å². The molecule has 2 aromatic carbocycles. The van der Waals surface area contributed by atoms with Crippen LogP contribution in [-0.2, 0) is 11.2 Å². The topological polar surface area (TPSA) is 105 Å². The summed E-state index contributed by atoms with van der Waals surface area (Å²) in [4.78, 5) is 31.3. The molecule has 1 aliphatic heterocycles. The maximum atomic E-state index is 13.3. The first kappa shape index (κ1) is 22.3. The Hall–Kier alpha value is -4.46. The standard InChI is InChI=1S/C27H24N2O6/c1-33-17-9-10-20-19(14-17)16(15-28-20)11-12-29-24(18-6-3-4-7-21(18)34-2)23(26(31)27(29)32)25(30)22-8-5-13-35-22/h3-10,13-15,24,28,31H,11-12H2,1-2H3. The lowest BCUT2D eigenvalue weighted by atomic mass is 9.94. The molecule has 1 atom stereocenters. The molecule has 1 unspecified atom stereocenters. The number of hydrogen-bond donors (Lipinski definition) is 2. The summed E-state index contributed by atoms with van der Waals surface area (Å²) in [5.41, 5.74) is 2.50. The third kappa shape index (κ3) is 3.82. The first-order chi connectivity index (χ1) is 17.0. The first-order valence-corrected chi connectivity index (χ1v) is 11.1. The van der Waals surface area contributed by atoms with Crippen LogP contribution in [0.2, 0.25) is 0 Å². The summed E-state index contributed by atoms with van der Waals surface area (Å²) in [5, 5.41) is 11.8. The van der Waals surface area contributed by atoms with Crippen LogP contribution in [0.25, 0.3) is 10.9 Å².